The first kappa shape index (κ1) is 14.4. The number of carbonyl (C=O) groups is 1. The molecule has 0 atom stereocenters. The summed E-state index contributed by atoms with van der Waals surface area (Å²) in [6.45, 7) is 3.49. The third kappa shape index (κ3) is 2.96. The molecule has 2 rings (SSSR count). The number of hydrogen-bond donors (Lipinski definition) is 2. The van der Waals surface area contributed by atoms with Gasteiger partial charge >= 0.3 is 0 Å². The van der Waals surface area contributed by atoms with Crippen LogP contribution in [0.2, 0.25) is 0 Å². The number of nitrogens with one attached hydrogen (secondary N) is 1. The van der Waals surface area contributed by atoms with E-state index in [4.69, 9.17) is 5.14 Å². The summed E-state index contributed by atoms with van der Waals surface area (Å²) in [5.74, 6) is -0.0975. The molecule has 1 amide bonds. The Bertz CT molecular complexity index is 601. The molecule has 1 fully saturated rings. The molecular weight excluding hydrogens is 286 g/mol. The van der Waals surface area contributed by atoms with Gasteiger partial charge < -0.3 is 5.32 Å². The highest BCUT2D eigenvalue weighted by atomic mass is 32.2. The molecule has 1 heterocycles. The fourth-order valence-electron chi connectivity index (χ4n) is 2.33. The molecule has 3 N–H and O–H groups in total. The number of hydrogen-bond acceptors (Lipinski definition) is 5. The van der Waals surface area contributed by atoms with Crippen LogP contribution in [-0.2, 0) is 14.8 Å². The molecule has 1 aromatic heterocycles. The van der Waals surface area contributed by atoms with Gasteiger partial charge in [-0.3, -0.25) is 4.79 Å². The van der Waals surface area contributed by atoms with Gasteiger partial charge in [-0.2, -0.15) is 0 Å². The van der Waals surface area contributed by atoms with Crippen molar-refractivity contribution in [2.24, 2.45) is 10.6 Å². The zero-order chi connectivity index (χ0) is 14.3. The van der Waals surface area contributed by atoms with Gasteiger partial charge in [-0.15, -0.1) is 0 Å². The minimum atomic E-state index is -3.78. The average Bonchev–Trinajstić information content (AvgIpc) is 2.85. The van der Waals surface area contributed by atoms with Crippen LogP contribution >= 0.6 is 11.3 Å². The summed E-state index contributed by atoms with van der Waals surface area (Å²) in [4.78, 5) is 16.2. The van der Waals surface area contributed by atoms with Crippen LogP contribution in [0.5, 0.6) is 0 Å². The van der Waals surface area contributed by atoms with Crippen molar-refractivity contribution < 1.29 is 13.2 Å². The van der Waals surface area contributed by atoms with Crippen LogP contribution in [0.15, 0.2) is 4.21 Å². The second-order valence-corrected chi connectivity index (χ2v) is 7.91. The quantitative estimate of drug-likeness (QED) is 0.885. The van der Waals surface area contributed by atoms with Crippen LogP contribution in [-0.4, -0.2) is 19.3 Å². The zero-order valence-electron chi connectivity index (χ0n) is 10.9. The molecular formula is C11H17N3O3S2. The Morgan fingerprint density at radius 3 is 2.47 bits per heavy atom. The Hall–Kier alpha value is -0.990. The smallest absolute Gasteiger partial charge is 0.249 e. The van der Waals surface area contributed by atoms with E-state index in [9.17, 15) is 13.2 Å². The molecule has 0 unspecified atom stereocenters. The van der Waals surface area contributed by atoms with Crippen molar-refractivity contribution in [3.8, 4) is 0 Å². The topological polar surface area (TPSA) is 102 Å². The lowest BCUT2D eigenvalue weighted by Crippen LogP contribution is -2.30. The zero-order valence-corrected chi connectivity index (χ0v) is 12.5. The summed E-state index contributed by atoms with van der Waals surface area (Å²) in [6, 6.07) is 0. The lowest BCUT2D eigenvalue weighted by molar-refractivity contribution is -0.124. The number of amides is 1. The van der Waals surface area contributed by atoms with Crippen LogP contribution in [0.3, 0.4) is 0 Å². The third-order valence-electron chi connectivity index (χ3n) is 3.49. The maximum absolute atomic E-state index is 12.2. The first-order valence-corrected chi connectivity index (χ1v) is 8.40. The molecule has 0 aromatic carbocycles. The largest absolute Gasteiger partial charge is 0.301 e. The number of sulfonamides is 1. The maximum atomic E-state index is 12.2. The molecule has 19 heavy (non-hydrogen) atoms. The highest BCUT2D eigenvalue weighted by Crippen LogP contribution is 2.39. The van der Waals surface area contributed by atoms with E-state index in [0.29, 0.717) is 10.8 Å². The lowest BCUT2D eigenvalue weighted by atomic mass is 9.88. The van der Waals surface area contributed by atoms with Crippen molar-refractivity contribution in [1.29, 1.82) is 0 Å². The second kappa shape index (κ2) is 4.84. The van der Waals surface area contributed by atoms with Crippen LogP contribution in [0.1, 0.15) is 38.3 Å². The standard InChI is InChI=1S/C11H17N3O3S2/c1-7-8(19(12,16)17)18-10(13-7)14-9(15)11(2)5-3-4-6-11/h3-6H2,1-2H3,(H2,12,16,17)(H,13,14,15). The number of rotatable bonds is 3. The number of primary sulfonamides is 1. The van der Waals surface area contributed by atoms with E-state index in [0.717, 1.165) is 37.0 Å². The van der Waals surface area contributed by atoms with Crippen molar-refractivity contribution in [2.75, 3.05) is 5.32 Å². The Morgan fingerprint density at radius 1 is 1.42 bits per heavy atom. The number of nitrogens with two attached hydrogens (primary N) is 1. The second-order valence-electron chi connectivity index (χ2n) is 5.16. The highest BCUT2D eigenvalue weighted by Gasteiger charge is 2.36. The third-order valence-corrected chi connectivity index (χ3v) is 6.11. The van der Waals surface area contributed by atoms with Crippen molar-refractivity contribution in [2.45, 2.75) is 43.7 Å². The summed E-state index contributed by atoms with van der Waals surface area (Å²) in [7, 11) is -3.78. The molecule has 0 aliphatic heterocycles. The first-order valence-electron chi connectivity index (χ1n) is 6.04. The van der Waals surface area contributed by atoms with Gasteiger partial charge in [0.2, 0.25) is 15.9 Å². The van der Waals surface area contributed by atoms with E-state index >= 15 is 0 Å². The fraction of sp³-hybridized carbons (Fsp3) is 0.636. The van der Waals surface area contributed by atoms with E-state index in [1.807, 2.05) is 6.92 Å². The SMILES string of the molecule is Cc1nc(NC(=O)C2(C)CCCC2)sc1S(N)(=O)=O. The van der Waals surface area contributed by atoms with Crippen molar-refractivity contribution in [3.05, 3.63) is 5.69 Å². The predicted octanol–water partition coefficient (Wildman–Crippen LogP) is 1.62. The average molecular weight is 303 g/mol. The van der Waals surface area contributed by atoms with E-state index in [1.165, 1.54) is 0 Å². The first-order chi connectivity index (χ1) is 8.72. The summed E-state index contributed by atoms with van der Waals surface area (Å²) in [6.07, 6.45) is 3.79. The van der Waals surface area contributed by atoms with E-state index in [-0.39, 0.29) is 15.5 Å². The van der Waals surface area contributed by atoms with Gasteiger partial charge in [-0.1, -0.05) is 31.1 Å². The van der Waals surface area contributed by atoms with Gasteiger partial charge in [-0.05, 0) is 19.8 Å². The van der Waals surface area contributed by atoms with Crippen molar-refractivity contribution >= 4 is 32.4 Å². The van der Waals surface area contributed by atoms with Crippen molar-refractivity contribution in [3.63, 3.8) is 0 Å². The van der Waals surface area contributed by atoms with E-state index in [2.05, 4.69) is 10.3 Å². The predicted molar refractivity (Wildman–Crippen MR) is 73.4 cm³/mol. The molecule has 0 radical (unpaired) electrons. The van der Waals surface area contributed by atoms with Crippen molar-refractivity contribution in [1.82, 2.24) is 4.98 Å². The number of anilines is 1. The Balaban J connectivity index is 2.19. The molecule has 6 nitrogen and oxygen atoms in total. The molecule has 1 aliphatic carbocycles. The minimum Gasteiger partial charge on any atom is -0.301 e. The monoisotopic (exact) mass is 303 g/mol. The van der Waals surface area contributed by atoms with Gasteiger partial charge in [0.25, 0.3) is 0 Å². The molecule has 0 saturated heterocycles. The summed E-state index contributed by atoms with van der Waals surface area (Å²) in [5, 5.41) is 8.08. The highest BCUT2D eigenvalue weighted by molar-refractivity contribution is 7.91. The van der Waals surface area contributed by atoms with Gasteiger partial charge in [-0.25, -0.2) is 18.5 Å². The Kier molecular flexibility index (Phi) is 3.67. The van der Waals surface area contributed by atoms with Gasteiger partial charge in [0.05, 0.1) is 5.69 Å². The molecule has 0 spiro atoms. The van der Waals surface area contributed by atoms with E-state index < -0.39 is 10.0 Å². The van der Waals surface area contributed by atoms with Crippen LogP contribution in [0.25, 0.3) is 0 Å². The number of thiazole rings is 1. The maximum Gasteiger partial charge on any atom is 0.249 e. The van der Waals surface area contributed by atoms with Crippen LogP contribution in [0, 0.1) is 12.3 Å². The van der Waals surface area contributed by atoms with Crippen LogP contribution < -0.4 is 10.5 Å². The Morgan fingerprint density at radius 2 is 2.00 bits per heavy atom. The summed E-state index contributed by atoms with van der Waals surface area (Å²) in [5.41, 5.74) is -0.0548. The van der Waals surface area contributed by atoms with Gasteiger partial charge in [0.15, 0.2) is 9.34 Å². The normalized spacial score (nSPS) is 18.5. The van der Waals surface area contributed by atoms with Crippen LogP contribution in [0.4, 0.5) is 5.13 Å². The molecule has 1 saturated carbocycles. The summed E-state index contributed by atoms with van der Waals surface area (Å²) >= 11 is 0.896. The molecule has 0 bridgehead atoms. The summed E-state index contributed by atoms with van der Waals surface area (Å²) < 4.78 is 22.6. The molecule has 1 aromatic rings. The van der Waals surface area contributed by atoms with Gasteiger partial charge in [0, 0.05) is 5.41 Å². The number of aryl methyl sites for hydroxylation is 1. The Labute approximate surface area is 116 Å². The molecule has 106 valence electrons. The minimum absolute atomic E-state index is 0.000579. The van der Waals surface area contributed by atoms with Gasteiger partial charge in [0.1, 0.15) is 0 Å². The fourth-order valence-corrected chi connectivity index (χ4v) is 4.18. The molecule has 1 aliphatic rings. The van der Waals surface area contributed by atoms with E-state index in [1.54, 1.807) is 6.92 Å². The number of aromatic nitrogens is 1. The lowest BCUT2D eigenvalue weighted by Gasteiger charge is -2.21. The number of nitrogens with zero attached hydrogens (tertiary/aromatic N) is 1. The number of carbonyl (C=O) groups excluding carboxylic acids is 1. The molecule has 8 heteroatoms.